The van der Waals surface area contributed by atoms with E-state index in [9.17, 15) is 24.3 Å². The zero-order chi connectivity index (χ0) is 22.4. The molecule has 4 N–H and O–H groups in total. The van der Waals surface area contributed by atoms with E-state index in [1.807, 2.05) is 13.8 Å². The summed E-state index contributed by atoms with van der Waals surface area (Å²) in [7, 11) is 0. The molecule has 0 unspecified atom stereocenters. The van der Waals surface area contributed by atoms with Gasteiger partial charge in [0.05, 0.1) is 11.4 Å². The second-order valence-corrected chi connectivity index (χ2v) is 7.67. The number of nitrogens with one attached hydrogen (secondary N) is 3. The van der Waals surface area contributed by atoms with Crippen molar-refractivity contribution in [2.75, 3.05) is 16.8 Å². The lowest BCUT2D eigenvalue weighted by molar-refractivity contribution is -0.143. The topological polar surface area (TPSA) is 128 Å². The fourth-order valence-corrected chi connectivity index (χ4v) is 3.25. The number of fused-ring (bicyclic) bond motifs is 1. The number of carbonyl (C=O) groups is 4. The van der Waals surface area contributed by atoms with E-state index in [4.69, 9.17) is 0 Å². The Hall–Kier alpha value is -3.10. The van der Waals surface area contributed by atoms with Gasteiger partial charge in [-0.3, -0.25) is 14.5 Å². The summed E-state index contributed by atoms with van der Waals surface area (Å²) < 4.78 is 0. The summed E-state index contributed by atoms with van der Waals surface area (Å²) in [5, 5.41) is 17.4. The van der Waals surface area contributed by atoms with Crippen molar-refractivity contribution in [3.63, 3.8) is 0 Å². The standard InChI is InChI=1S/C21H30N4O5/c1-5-12(3)17(19(27)23-18(20(28)29)13(4)6-2)24-21(30)25-11-16(26)22-14-9-7-8-10-15(14)25/h7-10,12-13,17-18H,5-6,11H2,1-4H3,(H,22,26)(H,23,27)(H,24,30)(H,28,29)/t12-,13-,17-,18-/m0/s1. The van der Waals surface area contributed by atoms with Crippen LogP contribution in [0.2, 0.25) is 0 Å². The van der Waals surface area contributed by atoms with Crippen molar-refractivity contribution in [2.24, 2.45) is 11.8 Å². The number of nitrogens with zero attached hydrogens (tertiary/aromatic N) is 1. The average Bonchev–Trinajstić information content (AvgIpc) is 2.73. The van der Waals surface area contributed by atoms with Crippen LogP contribution in [0.15, 0.2) is 24.3 Å². The molecular formula is C21H30N4O5. The number of rotatable bonds is 8. The molecule has 0 spiro atoms. The predicted octanol–water partition coefficient (Wildman–Crippen LogP) is 2.18. The van der Waals surface area contributed by atoms with Gasteiger partial charge in [-0.05, 0) is 24.0 Å². The maximum Gasteiger partial charge on any atom is 0.326 e. The van der Waals surface area contributed by atoms with Crippen molar-refractivity contribution >= 4 is 35.2 Å². The summed E-state index contributed by atoms with van der Waals surface area (Å²) in [5.74, 6) is -2.52. The van der Waals surface area contributed by atoms with Crippen LogP contribution in [0, 0.1) is 11.8 Å². The molecule has 1 aromatic carbocycles. The van der Waals surface area contributed by atoms with Crippen LogP contribution >= 0.6 is 0 Å². The molecule has 4 amide bonds. The highest BCUT2D eigenvalue weighted by Crippen LogP contribution is 2.29. The van der Waals surface area contributed by atoms with Gasteiger partial charge in [0.1, 0.15) is 18.6 Å². The normalized spacial score (nSPS) is 17.1. The fourth-order valence-electron chi connectivity index (χ4n) is 3.25. The largest absolute Gasteiger partial charge is 0.480 e. The molecule has 4 atom stereocenters. The molecule has 9 nitrogen and oxygen atoms in total. The molecule has 0 radical (unpaired) electrons. The van der Waals surface area contributed by atoms with Crippen molar-refractivity contribution in [1.29, 1.82) is 0 Å². The number of aliphatic carboxylic acids is 1. The van der Waals surface area contributed by atoms with Crippen LogP contribution in [0.1, 0.15) is 40.5 Å². The quantitative estimate of drug-likeness (QED) is 0.514. The number of hydrogen-bond donors (Lipinski definition) is 4. The smallest absolute Gasteiger partial charge is 0.326 e. The Morgan fingerprint density at radius 3 is 2.27 bits per heavy atom. The number of urea groups is 1. The van der Waals surface area contributed by atoms with Gasteiger partial charge in [0.2, 0.25) is 11.8 Å². The van der Waals surface area contributed by atoms with E-state index in [0.29, 0.717) is 24.2 Å². The van der Waals surface area contributed by atoms with Gasteiger partial charge in [-0.2, -0.15) is 0 Å². The highest BCUT2D eigenvalue weighted by atomic mass is 16.4. The van der Waals surface area contributed by atoms with Crippen molar-refractivity contribution in [3.8, 4) is 0 Å². The molecule has 0 aromatic heterocycles. The summed E-state index contributed by atoms with van der Waals surface area (Å²) in [6, 6.07) is 4.31. The Balaban J connectivity index is 2.22. The van der Waals surface area contributed by atoms with Gasteiger partial charge in [-0.25, -0.2) is 9.59 Å². The van der Waals surface area contributed by atoms with E-state index in [1.165, 1.54) is 4.90 Å². The third-order valence-electron chi connectivity index (χ3n) is 5.57. The molecule has 0 fully saturated rings. The minimum Gasteiger partial charge on any atom is -0.480 e. The Bertz CT molecular complexity index is 812. The second-order valence-electron chi connectivity index (χ2n) is 7.67. The summed E-state index contributed by atoms with van der Waals surface area (Å²) in [4.78, 5) is 50.8. The first-order valence-corrected chi connectivity index (χ1v) is 10.2. The molecule has 30 heavy (non-hydrogen) atoms. The number of carboxylic acid groups (broad SMARTS) is 1. The number of carbonyl (C=O) groups excluding carboxylic acids is 3. The van der Waals surface area contributed by atoms with Crippen molar-refractivity contribution in [3.05, 3.63) is 24.3 Å². The predicted molar refractivity (Wildman–Crippen MR) is 113 cm³/mol. The minimum absolute atomic E-state index is 0.178. The fraction of sp³-hybridized carbons (Fsp3) is 0.524. The van der Waals surface area contributed by atoms with Gasteiger partial charge in [-0.15, -0.1) is 0 Å². The number of para-hydroxylation sites is 2. The van der Waals surface area contributed by atoms with Gasteiger partial charge in [-0.1, -0.05) is 52.7 Å². The molecule has 1 aliphatic heterocycles. The highest BCUT2D eigenvalue weighted by Gasteiger charge is 2.34. The molecule has 1 heterocycles. The van der Waals surface area contributed by atoms with E-state index >= 15 is 0 Å². The molecule has 9 heteroatoms. The summed E-state index contributed by atoms with van der Waals surface area (Å²) in [5.41, 5.74) is 1.04. The first-order chi connectivity index (χ1) is 14.2. The lowest BCUT2D eigenvalue weighted by atomic mass is 9.95. The maximum absolute atomic E-state index is 13.0. The van der Waals surface area contributed by atoms with Crippen molar-refractivity contribution < 1.29 is 24.3 Å². The van der Waals surface area contributed by atoms with Gasteiger partial charge in [0.25, 0.3) is 0 Å². The third-order valence-corrected chi connectivity index (χ3v) is 5.57. The molecule has 164 valence electrons. The Morgan fingerprint density at radius 2 is 1.67 bits per heavy atom. The molecule has 0 aliphatic carbocycles. The molecule has 0 bridgehead atoms. The Kier molecular flexibility index (Phi) is 7.79. The number of anilines is 2. The summed E-state index contributed by atoms with van der Waals surface area (Å²) >= 11 is 0. The van der Waals surface area contributed by atoms with Crippen LogP contribution in [0.25, 0.3) is 0 Å². The Labute approximate surface area is 176 Å². The van der Waals surface area contributed by atoms with E-state index in [1.54, 1.807) is 38.1 Å². The maximum atomic E-state index is 13.0. The SMILES string of the molecule is CC[C@H](C)[C@H](NC(=O)[C@@H](NC(=O)N1CC(=O)Nc2ccccc21)[C@@H](C)CC)C(=O)O. The number of hydrogen-bond acceptors (Lipinski definition) is 4. The van der Waals surface area contributed by atoms with Gasteiger partial charge >= 0.3 is 12.0 Å². The summed E-state index contributed by atoms with van der Waals surface area (Å²) in [6.45, 7) is 7.10. The first kappa shape index (κ1) is 23.2. The van der Waals surface area contributed by atoms with Crippen LogP contribution in [-0.4, -0.2) is 47.5 Å². The highest BCUT2D eigenvalue weighted by molar-refractivity contribution is 6.10. The van der Waals surface area contributed by atoms with E-state index in [2.05, 4.69) is 16.0 Å². The lowest BCUT2D eigenvalue weighted by Crippen LogP contribution is -2.58. The van der Waals surface area contributed by atoms with E-state index < -0.39 is 30.0 Å². The van der Waals surface area contributed by atoms with Gasteiger partial charge < -0.3 is 21.1 Å². The van der Waals surface area contributed by atoms with Crippen LogP contribution in [0.5, 0.6) is 0 Å². The molecular weight excluding hydrogens is 388 g/mol. The van der Waals surface area contributed by atoms with Crippen LogP contribution < -0.4 is 20.9 Å². The van der Waals surface area contributed by atoms with Gasteiger partial charge in [0.15, 0.2) is 0 Å². The molecule has 1 aromatic rings. The average molecular weight is 418 g/mol. The first-order valence-electron chi connectivity index (χ1n) is 10.2. The minimum atomic E-state index is -1.12. The molecule has 2 rings (SSSR count). The van der Waals surface area contributed by atoms with Crippen LogP contribution in [0.3, 0.4) is 0 Å². The molecule has 0 saturated heterocycles. The number of amides is 4. The Morgan fingerprint density at radius 1 is 1.07 bits per heavy atom. The monoisotopic (exact) mass is 418 g/mol. The zero-order valence-electron chi connectivity index (χ0n) is 17.8. The number of benzene rings is 1. The second kappa shape index (κ2) is 10.1. The van der Waals surface area contributed by atoms with Gasteiger partial charge in [0, 0.05) is 0 Å². The molecule has 0 saturated carbocycles. The molecule has 1 aliphatic rings. The third kappa shape index (κ3) is 5.28. The van der Waals surface area contributed by atoms with Crippen LogP contribution in [-0.2, 0) is 14.4 Å². The van der Waals surface area contributed by atoms with Crippen molar-refractivity contribution in [1.82, 2.24) is 10.6 Å². The zero-order valence-corrected chi connectivity index (χ0v) is 17.8. The van der Waals surface area contributed by atoms with E-state index in [-0.39, 0.29) is 24.3 Å². The van der Waals surface area contributed by atoms with Crippen LogP contribution in [0.4, 0.5) is 16.2 Å². The number of carboxylic acids is 1. The lowest BCUT2D eigenvalue weighted by Gasteiger charge is -2.32. The van der Waals surface area contributed by atoms with Crippen molar-refractivity contribution in [2.45, 2.75) is 52.6 Å². The summed E-state index contributed by atoms with van der Waals surface area (Å²) in [6.07, 6.45) is 1.17. The van der Waals surface area contributed by atoms with E-state index in [0.717, 1.165) is 0 Å².